The van der Waals surface area contributed by atoms with Gasteiger partial charge in [0.2, 0.25) is 0 Å². The van der Waals surface area contributed by atoms with E-state index in [1.54, 1.807) is 0 Å². The predicted molar refractivity (Wildman–Crippen MR) is 187 cm³/mol. The summed E-state index contributed by atoms with van der Waals surface area (Å²) >= 11 is 0. The summed E-state index contributed by atoms with van der Waals surface area (Å²) in [5.74, 6) is 0. The van der Waals surface area contributed by atoms with E-state index >= 15 is 0 Å². The maximum Gasteiger partial charge on any atom is 0.0718 e. The summed E-state index contributed by atoms with van der Waals surface area (Å²) in [5, 5.41) is 4.74. The molecule has 0 aliphatic heterocycles. The highest BCUT2D eigenvalue weighted by Crippen LogP contribution is 2.38. The van der Waals surface area contributed by atoms with Gasteiger partial charge in [0.15, 0.2) is 0 Å². The first-order valence-corrected chi connectivity index (χ1v) is 15.3. The van der Waals surface area contributed by atoms with E-state index in [1.807, 2.05) is 0 Å². The third kappa shape index (κ3) is 4.26. The fraction of sp³-hybridized carbons (Fsp3) is 0.0952. The Morgan fingerprint density at radius 1 is 0.364 bits per heavy atom. The summed E-state index contributed by atoms with van der Waals surface area (Å²) in [7, 11) is 0. The second-order valence-corrected chi connectivity index (χ2v) is 12.0. The van der Waals surface area contributed by atoms with Gasteiger partial charge in [0, 0.05) is 21.5 Å². The van der Waals surface area contributed by atoms with Crippen LogP contribution in [0.4, 0.5) is 0 Å². The van der Waals surface area contributed by atoms with E-state index in [9.17, 15) is 0 Å². The molecule has 2 nitrogen and oxygen atoms in total. The van der Waals surface area contributed by atoms with Crippen molar-refractivity contribution in [1.82, 2.24) is 9.97 Å². The van der Waals surface area contributed by atoms with Gasteiger partial charge in [-0.2, -0.15) is 0 Å². The smallest absolute Gasteiger partial charge is 0.0718 e. The maximum atomic E-state index is 5.01. The topological polar surface area (TPSA) is 25.8 Å². The Balaban J connectivity index is 1.19. The van der Waals surface area contributed by atoms with Gasteiger partial charge in [-0.05, 0) is 120 Å². The van der Waals surface area contributed by atoms with Crippen molar-refractivity contribution in [1.29, 1.82) is 0 Å². The van der Waals surface area contributed by atoms with Gasteiger partial charge in [-0.25, -0.2) is 9.97 Å². The zero-order valence-electron chi connectivity index (χ0n) is 25.4. The number of pyridine rings is 2. The SMILES string of the molecule is Cc1cc2nc3ccccc3cc2c(-c2ccc(-c3ccc(-c4c(C)c(C)cc5nc6ccccc6cc45)cc3)cc2)c1C. The molecule has 44 heavy (non-hydrogen) atoms. The zero-order valence-corrected chi connectivity index (χ0v) is 25.4. The number of hydrogen-bond acceptors (Lipinski definition) is 2. The third-order valence-electron chi connectivity index (χ3n) is 9.37. The van der Waals surface area contributed by atoms with Crippen LogP contribution in [0.1, 0.15) is 22.3 Å². The molecule has 210 valence electrons. The standard InChI is InChI=1S/C42H32N2/c1-25-21-39-35(23-33-9-5-7-11-37(33)43-39)41(27(25)3)31-17-13-29(14-18-31)30-15-19-32(20-16-30)42-28(4)26(2)22-40-36(42)24-34-10-6-8-12-38(34)44-40/h5-24H,1-4H3. The van der Waals surface area contributed by atoms with Crippen LogP contribution in [-0.2, 0) is 0 Å². The number of para-hydroxylation sites is 2. The lowest BCUT2D eigenvalue weighted by atomic mass is 9.90. The Hall–Kier alpha value is -5.34. The number of aromatic nitrogens is 2. The number of rotatable bonds is 3. The molecule has 0 aliphatic carbocycles. The van der Waals surface area contributed by atoms with Crippen molar-refractivity contribution in [3.8, 4) is 33.4 Å². The number of benzene rings is 6. The third-order valence-corrected chi connectivity index (χ3v) is 9.37. The predicted octanol–water partition coefficient (Wildman–Crippen LogP) is 11.3. The lowest BCUT2D eigenvalue weighted by molar-refractivity contribution is 1.34. The lowest BCUT2D eigenvalue weighted by Crippen LogP contribution is -1.93. The molecule has 0 aliphatic rings. The average molecular weight is 565 g/mol. The molecule has 2 aromatic heterocycles. The molecular weight excluding hydrogens is 532 g/mol. The molecule has 8 rings (SSSR count). The fourth-order valence-corrected chi connectivity index (χ4v) is 6.71. The van der Waals surface area contributed by atoms with Gasteiger partial charge >= 0.3 is 0 Å². The van der Waals surface area contributed by atoms with Gasteiger partial charge in [0.1, 0.15) is 0 Å². The molecule has 0 spiro atoms. The van der Waals surface area contributed by atoms with Crippen LogP contribution in [0.2, 0.25) is 0 Å². The minimum absolute atomic E-state index is 1.03. The Morgan fingerprint density at radius 2 is 0.727 bits per heavy atom. The monoisotopic (exact) mass is 564 g/mol. The van der Waals surface area contributed by atoms with Crippen LogP contribution in [0.25, 0.3) is 77.0 Å². The van der Waals surface area contributed by atoms with Crippen molar-refractivity contribution in [2.24, 2.45) is 0 Å². The van der Waals surface area contributed by atoms with Crippen molar-refractivity contribution >= 4 is 43.6 Å². The first-order valence-electron chi connectivity index (χ1n) is 15.3. The van der Waals surface area contributed by atoms with Crippen molar-refractivity contribution in [3.05, 3.63) is 144 Å². The summed E-state index contributed by atoms with van der Waals surface area (Å²) in [6, 6.07) is 43.8. The molecule has 6 aromatic carbocycles. The highest BCUT2D eigenvalue weighted by atomic mass is 14.7. The summed E-state index contributed by atoms with van der Waals surface area (Å²) in [4.78, 5) is 10.0. The van der Waals surface area contributed by atoms with E-state index < -0.39 is 0 Å². The van der Waals surface area contributed by atoms with Crippen LogP contribution in [0.5, 0.6) is 0 Å². The Bertz CT molecular complexity index is 2230. The number of fused-ring (bicyclic) bond motifs is 4. The summed E-state index contributed by atoms with van der Waals surface area (Å²) < 4.78 is 0. The summed E-state index contributed by atoms with van der Waals surface area (Å²) in [6.45, 7) is 8.81. The second kappa shape index (κ2) is 10.1. The van der Waals surface area contributed by atoms with Crippen LogP contribution < -0.4 is 0 Å². The molecule has 0 N–H and O–H groups in total. The van der Waals surface area contributed by atoms with Crippen molar-refractivity contribution in [2.45, 2.75) is 27.7 Å². The summed E-state index contributed by atoms with van der Waals surface area (Å²) in [6.07, 6.45) is 0. The van der Waals surface area contributed by atoms with E-state index in [0.29, 0.717) is 0 Å². The molecule has 2 heteroatoms. The minimum atomic E-state index is 1.03. The first kappa shape index (κ1) is 26.3. The van der Waals surface area contributed by atoms with Crippen LogP contribution in [0.3, 0.4) is 0 Å². The fourth-order valence-electron chi connectivity index (χ4n) is 6.71. The van der Waals surface area contributed by atoms with Gasteiger partial charge in [0.05, 0.1) is 22.1 Å². The zero-order chi connectivity index (χ0) is 29.9. The quantitative estimate of drug-likeness (QED) is 0.199. The van der Waals surface area contributed by atoms with Crippen LogP contribution in [0.15, 0.2) is 121 Å². The molecule has 0 amide bonds. The van der Waals surface area contributed by atoms with E-state index in [0.717, 1.165) is 22.1 Å². The van der Waals surface area contributed by atoms with Gasteiger partial charge in [-0.3, -0.25) is 0 Å². The number of nitrogens with zero attached hydrogens (tertiary/aromatic N) is 2. The minimum Gasteiger partial charge on any atom is -0.248 e. The number of aryl methyl sites for hydroxylation is 2. The highest BCUT2D eigenvalue weighted by molar-refractivity contribution is 6.04. The van der Waals surface area contributed by atoms with Crippen LogP contribution >= 0.6 is 0 Å². The van der Waals surface area contributed by atoms with E-state index in [4.69, 9.17) is 9.97 Å². The van der Waals surface area contributed by atoms with E-state index in [1.165, 1.54) is 77.2 Å². The summed E-state index contributed by atoms with van der Waals surface area (Å²) in [5.41, 5.74) is 16.7. The molecule has 0 fully saturated rings. The second-order valence-electron chi connectivity index (χ2n) is 12.0. The largest absolute Gasteiger partial charge is 0.248 e. The van der Waals surface area contributed by atoms with Gasteiger partial charge in [-0.1, -0.05) is 84.9 Å². The Morgan fingerprint density at radius 3 is 1.14 bits per heavy atom. The molecule has 2 heterocycles. The normalized spacial score (nSPS) is 11.6. The van der Waals surface area contributed by atoms with Gasteiger partial charge in [0.25, 0.3) is 0 Å². The van der Waals surface area contributed by atoms with Gasteiger partial charge < -0.3 is 0 Å². The Kier molecular flexibility index (Phi) is 6.06. The van der Waals surface area contributed by atoms with Crippen molar-refractivity contribution in [3.63, 3.8) is 0 Å². The van der Waals surface area contributed by atoms with E-state index in [-0.39, 0.29) is 0 Å². The molecule has 0 saturated heterocycles. The molecule has 0 unspecified atom stereocenters. The molecule has 0 saturated carbocycles. The molecule has 0 radical (unpaired) electrons. The molecule has 8 aromatic rings. The number of hydrogen-bond donors (Lipinski definition) is 0. The molecular formula is C42H32N2. The van der Waals surface area contributed by atoms with Crippen molar-refractivity contribution in [2.75, 3.05) is 0 Å². The highest BCUT2D eigenvalue weighted by Gasteiger charge is 2.15. The van der Waals surface area contributed by atoms with Crippen LogP contribution in [0, 0.1) is 27.7 Å². The average Bonchev–Trinajstić information content (AvgIpc) is 3.05. The van der Waals surface area contributed by atoms with Crippen LogP contribution in [-0.4, -0.2) is 9.97 Å². The lowest BCUT2D eigenvalue weighted by Gasteiger charge is -2.16. The van der Waals surface area contributed by atoms with Gasteiger partial charge in [-0.15, -0.1) is 0 Å². The Labute approximate surface area is 257 Å². The molecule has 0 atom stereocenters. The van der Waals surface area contributed by atoms with Crippen molar-refractivity contribution < 1.29 is 0 Å². The maximum absolute atomic E-state index is 5.01. The van der Waals surface area contributed by atoms with E-state index in [2.05, 4.69) is 149 Å². The first-order chi connectivity index (χ1) is 21.4. The molecule has 0 bridgehead atoms.